The molecule has 0 aromatic rings. The molecule has 0 saturated carbocycles. The Bertz CT molecular complexity index is 197. The average Bonchev–Trinajstić information content (AvgIpc) is 1.94. The molecule has 0 aliphatic heterocycles. The van der Waals surface area contributed by atoms with Crippen molar-refractivity contribution < 1.29 is 23.7 Å². The molecule has 0 saturated heterocycles. The molecule has 0 aliphatic carbocycles. The van der Waals surface area contributed by atoms with E-state index in [1.807, 2.05) is 6.92 Å². The van der Waals surface area contributed by atoms with E-state index < -0.39 is 13.8 Å². The first-order valence-corrected chi connectivity index (χ1v) is 5.76. The molecular formula is C7H15O5P. The Labute approximate surface area is 77.3 Å². The highest BCUT2D eigenvalue weighted by molar-refractivity contribution is 7.46. The van der Waals surface area contributed by atoms with Crippen molar-refractivity contribution in [1.29, 1.82) is 0 Å². The third kappa shape index (κ3) is 9.53. The van der Waals surface area contributed by atoms with Crippen LogP contribution >= 0.6 is 7.82 Å². The molecule has 0 unspecified atom stereocenters. The first-order chi connectivity index (χ1) is 5.95. The summed E-state index contributed by atoms with van der Waals surface area (Å²) in [6.45, 7) is 2.04. The summed E-state index contributed by atoms with van der Waals surface area (Å²) in [5, 5.41) is 0. The van der Waals surface area contributed by atoms with Gasteiger partial charge < -0.3 is 4.52 Å². The van der Waals surface area contributed by atoms with Gasteiger partial charge in [0.15, 0.2) is 0 Å². The van der Waals surface area contributed by atoms with Crippen LogP contribution < -0.4 is 0 Å². The van der Waals surface area contributed by atoms with Crippen LogP contribution in [-0.4, -0.2) is 15.8 Å². The number of phosphoric ester groups is 1. The number of carbonyl (C=O) groups is 1. The van der Waals surface area contributed by atoms with Crippen LogP contribution in [0.3, 0.4) is 0 Å². The summed E-state index contributed by atoms with van der Waals surface area (Å²) < 4.78 is 14.0. The van der Waals surface area contributed by atoms with Crippen LogP contribution in [0.15, 0.2) is 0 Å². The van der Waals surface area contributed by atoms with Crippen LogP contribution in [0.2, 0.25) is 0 Å². The monoisotopic (exact) mass is 210 g/mol. The lowest BCUT2D eigenvalue weighted by atomic mass is 10.2. The molecule has 5 nitrogen and oxygen atoms in total. The van der Waals surface area contributed by atoms with Gasteiger partial charge in [-0.25, -0.2) is 4.57 Å². The predicted octanol–water partition coefficient (Wildman–Crippen LogP) is 1.59. The van der Waals surface area contributed by atoms with Gasteiger partial charge in [0.1, 0.15) is 0 Å². The lowest BCUT2D eigenvalue weighted by molar-refractivity contribution is -0.135. The van der Waals surface area contributed by atoms with Crippen molar-refractivity contribution in [1.82, 2.24) is 0 Å². The molecule has 0 rings (SSSR count). The van der Waals surface area contributed by atoms with E-state index in [0.717, 1.165) is 19.3 Å². The van der Waals surface area contributed by atoms with Gasteiger partial charge in [-0.15, -0.1) is 0 Å². The molecule has 0 fully saturated rings. The van der Waals surface area contributed by atoms with E-state index >= 15 is 0 Å². The molecular weight excluding hydrogens is 195 g/mol. The Morgan fingerprint density at radius 1 is 1.31 bits per heavy atom. The van der Waals surface area contributed by atoms with E-state index in [-0.39, 0.29) is 6.42 Å². The maximum absolute atomic E-state index is 10.7. The predicted molar refractivity (Wildman–Crippen MR) is 46.9 cm³/mol. The lowest BCUT2D eigenvalue weighted by Crippen LogP contribution is -2.01. The van der Waals surface area contributed by atoms with Gasteiger partial charge in [-0.1, -0.05) is 26.2 Å². The normalized spacial score (nSPS) is 11.3. The molecule has 13 heavy (non-hydrogen) atoms. The minimum atomic E-state index is -4.63. The van der Waals surface area contributed by atoms with Crippen LogP contribution in [0.4, 0.5) is 0 Å². The third-order valence-electron chi connectivity index (χ3n) is 1.46. The molecule has 0 radical (unpaired) electrons. The maximum Gasteiger partial charge on any atom is 0.526 e. The van der Waals surface area contributed by atoms with Crippen LogP contribution in [-0.2, 0) is 13.9 Å². The number of carbonyl (C=O) groups excluding carboxylic acids is 1. The van der Waals surface area contributed by atoms with Gasteiger partial charge in [-0.2, -0.15) is 0 Å². The van der Waals surface area contributed by atoms with Gasteiger partial charge in [0.25, 0.3) is 0 Å². The summed E-state index contributed by atoms with van der Waals surface area (Å²) in [6, 6.07) is 0. The van der Waals surface area contributed by atoms with Crippen molar-refractivity contribution in [3.63, 3.8) is 0 Å². The first kappa shape index (κ1) is 12.6. The molecule has 0 heterocycles. The second kappa shape index (κ2) is 6.13. The van der Waals surface area contributed by atoms with Gasteiger partial charge in [0, 0.05) is 6.42 Å². The Morgan fingerprint density at radius 2 is 1.92 bits per heavy atom. The Hall–Kier alpha value is -0.380. The summed E-state index contributed by atoms with van der Waals surface area (Å²) in [7, 11) is -4.63. The Kier molecular flexibility index (Phi) is 5.95. The van der Waals surface area contributed by atoms with Crippen LogP contribution in [0.25, 0.3) is 0 Å². The van der Waals surface area contributed by atoms with Crippen molar-refractivity contribution in [3.8, 4) is 0 Å². The van der Waals surface area contributed by atoms with Crippen molar-refractivity contribution >= 4 is 13.8 Å². The first-order valence-electron chi connectivity index (χ1n) is 4.23. The fraction of sp³-hybridized carbons (Fsp3) is 0.857. The quantitative estimate of drug-likeness (QED) is 0.513. The highest BCUT2D eigenvalue weighted by Crippen LogP contribution is 2.36. The van der Waals surface area contributed by atoms with E-state index in [9.17, 15) is 9.36 Å². The maximum atomic E-state index is 10.7. The SMILES string of the molecule is CCCCCCC(=O)OP(=O)(O)O. The van der Waals surface area contributed by atoms with E-state index in [4.69, 9.17) is 9.79 Å². The fourth-order valence-corrected chi connectivity index (χ4v) is 1.23. The smallest absolute Gasteiger partial charge is 0.371 e. The Morgan fingerprint density at radius 3 is 2.38 bits per heavy atom. The fourth-order valence-electron chi connectivity index (χ4n) is 0.874. The molecule has 6 heteroatoms. The summed E-state index contributed by atoms with van der Waals surface area (Å²) in [4.78, 5) is 27.2. The van der Waals surface area contributed by atoms with Crippen molar-refractivity contribution in [2.45, 2.75) is 39.0 Å². The third-order valence-corrected chi connectivity index (χ3v) is 1.90. The van der Waals surface area contributed by atoms with Gasteiger partial charge >= 0.3 is 13.8 Å². The molecule has 0 aromatic carbocycles. The van der Waals surface area contributed by atoms with Crippen LogP contribution in [0.1, 0.15) is 39.0 Å². The zero-order valence-electron chi connectivity index (χ0n) is 7.60. The highest BCUT2D eigenvalue weighted by atomic mass is 31.2. The molecule has 78 valence electrons. The molecule has 0 bridgehead atoms. The number of hydrogen-bond acceptors (Lipinski definition) is 3. The second-order valence-corrected chi connectivity index (χ2v) is 3.93. The van der Waals surface area contributed by atoms with Crippen LogP contribution in [0, 0.1) is 0 Å². The molecule has 0 aromatic heterocycles. The van der Waals surface area contributed by atoms with Crippen molar-refractivity contribution in [2.24, 2.45) is 0 Å². The molecule has 0 amide bonds. The number of hydrogen-bond donors (Lipinski definition) is 2. The number of unbranched alkanes of at least 4 members (excludes halogenated alkanes) is 3. The number of rotatable bonds is 6. The minimum Gasteiger partial charge on any atom is -0.371 e. The van der Waals surface area contributed by atoms with Crippen LogP contribution in [0.5, 0.6) is 0 Å². The zero-order chi connectivity index (χ0) is 10.3. The number of phosphoric acid groups is 1. The molecule has 0 spiro atoms. The van der Waals surface area contributed by atoms with Crippen molar-refractivity contribution in [2.75, 3.05) is 0 Å². The topological polar surface area (TPSA) is 83.8 Å². The van der Waals surface area contributed by atoms with Gasteiger partial charge in [-0.3, -0.25) is 14.6 Å². The van der Waals surface area contributed by atoms with Gasteiger partial charge in [-0.05, 0) is 6.42 Å². The van der Waals surface area contributed by atoms with E-state index in [0.29, 0.717) is 6.42 Å². The summed E-state index contributed by atoms with van der Waals surface area (Å²) in [5.74, 6) is -0.829. The standard InChI is InChI=1S/C7H15O5P/c1-2-3-4-5-6-7(8)12-13(9,10)11/h2-6H2,1H3,(H2,9,10,11). The second-order valence-electron chi connectivity index (χ2n) is 2.76. The molecule has 0 atom stereocenters. The minimum absolute atomic E-state index is 0.0745. The van der Waals surface area contributed by atoms with Crippen molar-refractivity contribution in [3.05, 3.63) is 0 Å². The van der Waals surface area contributed by atoms with Gasteiger partial charge in [0.2, 0.25) is 0 Å². The highest BCUT2D eigenvalue weighted by Gasteiger charge is 2.19. The summed E-state index contributed by atoms with van der Waals surface area (Å²) in [6.07, 6.45) is 3.64. The van der Waals surface area contributed by atoms with Gasteiger partial charge in [0.05, 0.1) is 0 Å². The zero-order valence-corrected chi connectivity index (χ0v) is 8.50. The lowest BCUT2D eigenvalue weighted by Gasteiger charge is -2.04. The van der Waals surface area contributed by atoms with E-state index in [1.54, 1.807) is 0 Å². The summed E-state index contributed by atoms with van der Waals surface area (Å²) in [5.41, 5.74) is 0. The van der Waals surface area contributed by atoms with E-state index in [1.165, 1.54) is 0 Å². The molecule has 2 N–H and O–H groups in total. The summed E-state index contributed by atoms with van der Waals surface area (Å²) >= 11 is 0. The Balaban J connectivity index is 3.47. The average molecular weight is 210 g/mol. The largest absolute Gasteiger partial charge is 0.526 e. The van der Waals surface area contributed by atoms with E-state index in [2.05, 4.69) is 4.52 Å². The molecule has 0 aliphatic rings.